The normalized spacial score (nSPS) is 14.3. The number of nitrogens with one attached hydrogen (secondary N) is 1. The lowest BCUT2D eigenvalue weighted by Crippen LogP contribution is -2.44. The fourth-order valence-electron chi connectivity index (χ4n) is 1.85. The molecule has 3 amide bonds. The summed E-state index contributed by atoms with van der Waals surface area (Å²) in [5, 5.41) is 5.61. The third-order valence-corrected chi connectivity index (χ3v) is 4.25. The van der Waals surface area contributed by atoms with Gasteiger partial charge in [-0.15, -0.1) is 11.3 Å². The smallest absolute Gasteiger partial charge is 0.318 e. The van der Waals surface area contributed by atoms with Crippen molar-refractivity contribution < 1.29 is 9.59 Å². The van der Waals surface area contributed by atoms with Gasteiger partial charge in [0.15, 0.2) is 0 Å². The van der Waals surface area contributed by atoms with Crippen LogP contribution >= 0.6 is 11.3 Å². The molecule has 2 rings (SSSR count). The van der Waals surface area contributed by atoms with E-state index in [-0.39, 0.29) is 18.6 Å². The van der Waals surface area contributed by atoms with Crippen molar-refractivity contribution in [2.45, 2.75) is 45.2 Å². The molecule has 6 nitrogen and oxygen atoms in total. The van der Waals surface area contributed by atoms with Crippen molar-refractivity contribution >= 4 is 23.3 Å². The Hall–Kier alpha value is -1.63. The van der Waals surface area contributed by atoms with Crippen LogP contribution in [0.1, 0.15) is 43.3 Å². The summed E-state index contributed by atoms with van der Waals surface area (Å²) in [6.45, 7) is 4.55. The van der Waals surface area contributed by atoms with Gasteiger partial charge in [0.25, 0.3) is 0 Å². The van der Waals surface area contributed by atoms with Crippen molar-refractivity contribution in [3.8, 4) is 0 Å². The number of urea groups is 1. The summed E-state index contributed by atoms with van der Waals surface area (Å²) in [5.41, 5.74) is 5.94. The molecule has 3 N–H and O–H groups in total. The predicted octanol–water partition coefficient (Wildman–Crippen LogP) is 1.43. The Balaban J connectivity index is 1.98. The summed E-state index contributed by atoms with van der Waals surface area (Å²) in [5.74, 6) is -0.142. The zero-order valence-electron chi connectivity index (χ0n) is 11.8. The van der Waals surface area contributed by atoms with Gasteiger partial charge in [0.05, 0.1) is 23.8 Å². The van der Waals surface area contributed by atoms with E-state index in [0.717, 1.165) is 23.5 Å². The predicted molar refractivity (Wildman–Crippen MR) is 77.4 cm³/mol. The van der Waals surface area contributed by atoms with Gasteiger partial charge in [-0.2, -0.15) is 0 Å². The summed E-state index contributed by atoms with van der Waals surface area (Å²) in [6, 6.07) is 0.0115. The average molecular weight is 296 g/mol. The molecule has 1 heterocycles. The lowest BCUT2D eigenvalue weighted by atomic mass is 10.2. The number of hydrogen-bond acceptors (Lipinski definition) is 4. The van der Waals surface area contributed by atoms with Crippen molar-refractivity contribution in [3.63, 3.8) is 0 Å². The number of nitrogens with zero attached hydrogens (tertiary/aromatic N) is 2. The summed E-state index contributed by atoms with van der Waals surface area (Å²) in [7, 11) is 0. The van der Waals surface area contributed by atoms with Crippen LogP contribution in [0.5, 0.6) is 0 Å². The fourth-order valence-corrected chi connectivity index (χ4v) is 2.68. The van der Waals surface area contributed by atoms with Crippen molar-refractivity contribution in [1.29, 1.82) is 0 Å². The Morgan fingerprint density at radius 1 is 1.55 bits per heavy atom. The van der Waals surface area contributed by atoms with Crippen molar-refractivity contribution in [2.24, 2.45) is 5.73 Å². The molecular weight excluding hydrogens is 276 g/mol. The largest absolute Gasteiger partial charge is 0.368 e. The van der Waals surface area contributed by atoms with Gasteiger partial charge >= 0.3 is 6.03 Å². The second-order valence-electron chi connectivity index (χ2n) is 5.32. The highest BCUT2D eigenvalue weighted by atomic mass is 32.1. The number of hydrogen-bond donors (Lipinski definition) is 2. The molecule has 0 unspecified atom stereocenters. The zero-order chi connectivity index (χ0) is 14.7. The van der Waals surface area contributed by atoms with E-state index < -0.39 is 5.91 Å². The van der Waals surface area contributed by atoms with E-state index in [9.17, 15) is 9.59 Å². The standard InChI is InChI=1S/C13H20N4O2S/c1-8(2)12-16-9(7-20-12)6-17(10-3-4-10)13(19)15-5-11(14)18/h7-8,10H,3-6H2,1-2H3,(H2,14,18)(H,15,19). The maximum atomic E-state index is 12.1. The van der Waals surface area contributed by atoms with Crippen LogP contribution in [0, 0.1) is 0 Å². The van der Waals surface area contributed by atoms with Crippen LogP contribution in [-0.2, 0) is 11.3 Å². The lowest BCUT2D eigenvalue weighted by molar-refractivity contribution is -0.117. The minimum Gasteiger partial charge on any atom is -0.368 e. The molecule has 1 saturated carbocycles. The number of rotatable bonds is 6. The quantitative estimate of drug-likeness (QED) is 0.832. The Morgan fingerprint density at radius 2 is 2.25 bits per heavy atom. The van der Waals surface area contributed by atoms with Crippen LogP contribution in [0.15, 0.2) is 5.38 Å². The first-order valence-corrected chi connectivity index (χ1v) is 7.62. The molecule has 1 fully saturated rings. The van der Waals surface area contributed by atoms with Gasteiger partial charge in [0, 0.05) is 17.3 Å². The number of aromatic nitrogens is 1. The van der Waals surface area contributed by atoms with Crippen molar-refractivity contribution in [1.82, 2.24) is 15.2 Å². The first-order chi connectivity index (χ1) is 9.47. The molecule has 20 heavy (non-hydrogen) atoms. The van der Waals surface area contributed by atoms with Gasteiger partial charge in [0.2, 0.25) is 5.91 Å². The SMILES string of the molecule is CC(C)c1nc(CN(C(=O)NCC(N)=O)C2CC2)cs1. The number of thiazole rings is 1. The Bertz CT molecular complexity index is 496. The van der Waals surface area contributed by atoms with Crippen molar-refractivity contribution in [2.75, 3.05) is 6.54 Å². The minimum absolute atomic E-state index is 0.129. The van der Waals surface area contributed by atoms with E-state index >= 15 is 0 Å². The molecule has 0 aliphatic heterocycles. The number of carbonyl (C=O) groups excluding carboxylic acids is 2. The van der Waals surface area contributed by atoms with E-state index in [1.54, 1.807) is 16.2 Å². The van der Waals surface area contributed by atoms with Crippen molar-refractivity contribution in [3.05, 3.63) is 16.1 Å². The Kier molecular flexibility index (Phi) is 4.59. The Morgan fingerprint density at radius 3 is 2.75 bits per heavy atom. The highest BCUT2D eigenvalue weighted by molar-refractivity contribution is 7.09. The van der Waals surface area contributed by atoms with Gasteiger partial charge in [-0.25, -0.2) is 9.78 Å². The van der Waals surface area contributed by atoms with E-state index in [4.69, 9.17) is 5.73 Å². The van der Waals surface area contributed by atoms with Crippen LogP contribution < -0.4 is 11.1 Å². The molecule has 7 heteroatoms. The summed E-state index contributed by atoms with van der Waals surface area (Å²) in [6.07, 6.45) is 2.01. The molecule has 0 aromatic carbocycles. The van der Waals surface area contributed by atoms with Gasteiger partial charge in [-0.05, 0) is 12.8 Å². The highest BCUT2D eigenvalue weighted by Crippen LogP contribution is 2.29. The van der Waals surface area contributed by atoms with Gasteiger partial charge in [-0.1, -0.05) is 13.8 Å². The van der Waals surface area contributed by atoms with E-state index in [0.29, 0.717) is 12.5 Å². The zero-order valence-corrected chi connectivity index (χ0v) is 12.6. The molecule has 1 aliphatic rings. The lowest BCUT2D eigenvalue weighted by Gasteiger charge is -2.21. The summed E-state index contributed by atoms with van der Waals surface area (Å²) < 4.78 is 0. The first-order valence-electron chi connectivity index (χ1n) is 6.74. The molecule has 1 aromatic rings. The van der Waals surface area contributed by atoms with Gasteiger partial charge in [0.1, 0.15) is 0 Å². The minimum atomic E-state index is -0.537. The first kappa shape index (κ1) is 14.8. The molecule has 0 spiro atoms. The number of carbonyl (C=O) groups is 2. The second-order valence-corrected chi connectivity index (χ2v) is 6.21. The molecule has 0 saturated heterocycles. The second kappa shape index (κ2) is 6.21. The van der Waals surface area contributed by atoms with Gasteiger partial charge in [-0.3, -0.25) is 4.79 Å². The topological polar surface area (TPSA) is 88.3 Å². The molecule has 110 valence electrons. The number of amides is 3. The van der Waals surface area contributed by atoms with E-state index in [2.05, 4.69) is 24.1 Å². The summed E-state index contributed by atoms with van der Waals surface area (Å²) >= 11 is 1.62. The monoisotopic (exact) mass is 296 g/mol. The molecule has 1 aromatic heterocycles. The van der Waals surface area contributed by atoms with Crippen LogP contribution in [0.3, 0.4) is 0 Å². The average Bonchev–Trinajstić information content (AvgIpc) is 3.11. The van der Waals surface area contributed by atoms with Crippen LogP contribution in [-0.4, -0.2) is 34.4 Å². The van der Waals surface area contributed by atoms with E-state index in [1.807, 2.05) is 5.38 Å². The van der Waals surface area contributed by atoms with Crippen LogP contribution in [0.2, 0.25) is 0 Å². The molecule has 0 atom stereocenters. The number of nitrogens with two attached hydrogens (primary N) is 1. The molecule has 0 radical (unpaired) electrons. The number of primary amides is 1. The highest BCUT2D eigenvalue weighted by Gasteiger charge is 2.33. The molecule has 0 bridgehead atoms. The molecule has 1 aliphatic carbocycles. The van der Waals surface area contributed by atoms with Crippen LogP contribution in [0.4, 0.5) is 4.79 Å². The Labute approximate surface area is 122 Å². The van der Waals surface area contributed by atoms with Crippen LogP contribution in [0.25, 0.3) is 0 Å². The summed E-state index contributed by atoms with van der Waals surface area (Å²) in [4.78, 5) is 29.1. The van der Waals surface area contributed by atoms with E-state index in [1.165, 1.54) is 0 Å². The maximum absolute atomic E-state index is 12.1. The fraction of sp³-hybridized carbons (Fsp3) is 0.615. The third kappa shape index (κ3) is 3.93. The molecular formula is C13H20N4O2S. The maximum Gasteiger partial charge on any atom is 0.318 e. The third-order valence-electron chi connectivity index (χ3n) is 3.06. The van der Waals surface area contributed by atoms with Gasteiger partial charge < -0.3 is 16.0 Å².